The summed E-state index contributed by atoms with van der Waals surface area (Å²) < 4.78 is 0. The highest BCUT2D eigenvalue weighted by atomic mass is 32.1. The summed E-state index contributed by atoms with van der Waals surface area (Å²) in [4.78, 5) is 14.9. The molecule has 17 heavy (non-hydrogen) atoms. The van der Waals surface area contributed by atoms with Gasteiger partial charge in [-0.25, -0.2) is 0 Å². The molecule has 2 rings (SSSR count). The van der Waals surface area contributed by atoms with E-state index in [1.807, 2.05) is 4.90 Å². The highest BCUT2D eigenvalue weighted by Gasteiger charge is 2.34. The van der Waals surface area contributed by atoms with Crippen molar-refractivity contribution in [2.24, 2.45) is 11.7 Å². The van der Waals surface area contributed by atoms with Gasteiger partial charge >= 0.3 is 0 Å². The van der Waals surface area contributed by atoms with Crippen molar-refractivity contribution >= 4 is 23.1 Å². The fraction of sp³-hybridized carbons (Fsp3) is 0.846. The lowest BCUT2D eigenvalue weighted by atomic mass is 9.98. The van der Waals surface area contributed by atoms with Crippen LogP contribution in [0.5, 0.6) is 0 Å². The van der Waals surface area contributed by atoms with Crippen LogP contribution in [0.15, 0.2) is 0 Å². The zero-order chi connectivity index (χ0) is 12.3. The number of nitrogens with zero attached hydrogens (tertiary/aromatic N) is 1. The Bertz CT molecular complexity index is 298. The molecular weight excluding hydrogens is 232 g/mol. The number of carbonyl (C=O) groups excluding carboxylic acids is 1. The Balaban J connectivity index is 2.00. The first kappa shape index (κ1) is 12.8. The molecule has 0 aromatic rings. The second-order valence-electron chi connectivity index (χ2n) is 5.28. The molecule has 4 heteroatoms. The standard InChI is InChI=1S/C13H22N2OS/c14-12(17)11-8-5-9-15(11)13(16)10-6-3-1-2-4-7-10/h10-11H,1-9H2,(H2,14,17). The predicted octanol–water partition coefficient (Wildman–Crippen LogP) is 2.23. The van der Waals surface area contributed by atoms with Crippen molar-refractivity contribution in [1.82, 2.24) is 4.90 Å². The van der Waals surface area contributed by atoms with E-state index in [2.05, 4.69) is 0 Å². The summed E-state index contributed by atoms with van der Waals surface area (Å²) in [5, 5.41) is 0. The van der Waals surface area contributed by atoms with E-state index in [1.165, 1.54) is 25.7 Å². The van der Waals surface area contributed by atoms with E-state index in [4.69, 9.17) is 18.0 Å². The largest absolute Gasteiger partial charge is 0.392 e. The Hall–Kier alpha value is -0.640. The molecule has 0 radical (unpaired) electrons. The Labute approximate surface area is 109 Å². The second-order valence-corrected chi connectivity index (χ2v) is 5.75. The van der Waals surface area contributed by atoms with Crippen LogP contribution in [0.2, 0.25) is 0 Å². The normalized spacial score (nSPS) is 26.8. The van der Waals surface area contributed by atoms with E-state index in [0.29, 0.717) is 10.9 Å². The molecule has 1 unspecified atom stereocenters. The minimum atomic E-state index is 0.0285. The van der Waals surface area contributed by atoms with E-state index >= 15 is 0 Å². The molecule has 96 valence electrons. The number of rotatable bonds is 2. The Morgan fingerprint density at radius 1 is 1.06 bits per heavy atom. The molecule has 3 nitrogen and oxygen atoms in total. The van der Waals surface area contributed by atoms with Gasteiger partial charge in [-0.2, -0.15) is 0 Å². The molecule has 2 fully saturated rings. The van der Waals surface area contributed by atoms with Crippen LogP contribution in [-0.4, -0.2) is 28.4 Å². The maximum Gasteiger partial charge on any atom is 0.226 e. The van der Waals surface area contributed by atoms with E-state index in [-0.39, 0.29) is 12.0 Å². The quantitative estimate of drug-likeness (QED) is 0.607. The number of hydrogen-bond acceptors (Lipinski definition) is 2. The maximum absolute atomic E-state index is 12.5. The molecule has 2 N–H and O–H groups in total. The number of amides is 1. The van der Waals surface area contributed by atoms with Crippen molar-refractivity contribution in [2.45, 2.75) is 57.4 Å². The van der Waals surface area contributed by atoms with E-state index in [9.17, 15) is 4.79 Å². The van der Waals surface area contributed by atoms with E-state index in [1.54, 1.807) is 0 Å². The fourth-order valence-corrected chi connectivity index (χ4v) is 3.33. The van der Waals surface area contributed by atoms with Gasteiger partial charge in [-0.3, -0.25) is 4.79 Å². The first-order valence-electron chi connectivity index (χ1n) is 6.80. The van der Waals surface area contributed by atoms with Gasteiger partial charge in [-0.15, -0.1) is 0 Å². The molecule has 1 amide bonds. The van der Waals surface area contributed by atoms with Crippen LogP contribution < -0.4 is 5.73 Å². The van der Waals surface area contributed by atoms with E-state index in [0.717, 1.165) is 32.2 Å². The van der Waals surface area contributed by atoms with Crippen LogP contribution in [0.4, 0.5) is 0 Å². The summed E-state index contributed by atoms with van der Waals surface area (Å²) in [5.74, 6) is 0.537. The third-order valence-corrected chi connectivity index (χ3v) is 4.34. The first-order valence-corrected chi connectivity index (χ1v) is 7.21. The number of hydrogen-bond donors (Lipinski definition) is 1. The predicted molar refractivity (Wildman–Crippen MR) is 72.7 cm³/mol. The molecule has 0 aromatic carbocycles. The zero-order valence-electron chi connectivity index (χ0n) is 10.4. The Morgan fingerprint density at radius 3 is 2.29 bits per heavy atom. The van der Waals surface area contributed by atoms with Crippen LogP contribution >= 0.6 is 12.2 Å². The Kier molecular flexibility index (Phi) is 4.37. The zero-order valence-corrected chi connectivity index (χ0v) is 11.2. The lowest BCUT2D eigenvalue weighted by molar-refractivity contribution is -0.135. The lowest BCUT2D eigenvalue weighted by Gasteiger charge is -2.27. The molecular formula is C13H22N2OS. The van der Waals surface area contributed by atoms with Gasteiger partial charge in [0, 0.05) is 12.5 Å². The second kappa shape index (κ2) is 5.80. The summed E-state index contributed by atoms with van der Waals surface area (Å²) in [6.07, 6.45) is 9.06. The minimum Gasteiger partial charge on any atom is -0.392 e. The van der Waals surface area contributed by atoms with Gasteiger partial charge in [0.25, 0.3) is 0 Å². The SMILES string of the molecule is NC(=S)C1CCCN1C(=O)C1CCCCCC1. The molecule has 0 bridgehead atoms. The van der Waals surface area contributed by atoms with Crippen molar-refractivity contribution < 1.29 is 4.79 Å². The number of likely N-dealkylation sites (tertiary alicyclic amines) is 1. The van der Waals surface area contributed by atoms with Crippen LogP contribution in [0.25, 0.3) is 0 Å². The number of carbonyl (C=O) groups is 1. The van der Waals surface area contributed by atoms with Crippen molar-refractivity contribution in [3.8, 4) is 0 Å². The molecule has 0 aromatic heterocycles. The topological polar surface area (TPSA) is 46.3 Å². The smallest absolute Gasteiger partial charge is 0.226 e. The number of thiocarbonyl (C=S) groups is 1. The van der Waals surface area contributed by atoms with Crippen LogP contribution in [0.1, 0.15) is 51.4 Å². The minimum absolute atomic E-state index is 0.0285. The van der Waals surface area contributed by atoms with Gasteiger partial charge in [-0.05, 0) is 25.7 Å². The van der Waals surface area contributed by atoms with Crippen molar-refractivity contribution in [2.75, 3.05) is 6.54 Å². The molecule has 0 spiro atoms. The highest BCUT2D eigenvalue weighted by Crippen LogP contribution is 2.28. The summed E-state index contributed by atoms with van der Waals surface area (Å²) in [5.41, 5.74) is 5.72. The van der Waals surface area contributed by atoms with Gasteiger partial charge < -0.3 is 10.6 Å². The van der Waals surface area contributed by atoms with Gasteiger partial charge in [-0.1, -0.05) is 37.9 Å². The van der Waals surface area contributed by atoms with Crippen molar-refractivity contribution in [1.29, 1.82) is 0 Å². The van der Waals surface area contributed by atoms with Crippen molar-refractivity contribution in [3.63, 3.8) is 0 Å². The molecule has 2 aliphatic rings. The third kappa shape index (κ3) is 2.97. The van der Waals surface area contributed by atoms with Crippen LogP contribution in [0.3, 0.4) is 0 Å². The van der Waals surface area contributed by atoms with Crippen LogP contribution in [0, 0.1) is 5.92 Å². The highest BCUT2D eigenvalue weighted by molar-refractivity contribution is 7.80. The van der Waals surface area contributed by atoms with Gasteiger partial charge in [0.05, 0.1) is 11.0 Å². The molecule has 1 aliphatic heterocycles. The third-order valence-electron chi connectivity index (χ3n) is 4.07. The first-order chi connectivity index (χ1) is 8.20. The van der Waals surface area contributed by atoms with Crippen molar-refractivity contribution in [3.05, 3.63) is 0 Å². The summed E-state index contributed by atoms with van der Waals surface area (Å²) in [7, 11) is 0. The monoisotopic (exact) mass is 254 g/mol. The average Bonchev–Trinajstić information content (AvgIpc) is 2.64. The van der Waals surface area contributed by atoms with Gasteiger partial charge in [0.1, 0.15) is 0 Å². The summed E-state index contributed by atoms with van der Waals surface area (Å²) in [6.45, 7) is 0.845. The van der Waals surface area contributed by atoms with E-state index < -0.39 is 0 Å². The fourth-order valence-electron chi connectivity index (χ4n) is 3.09. The molecule has 1 aliphatic carbocycles. The molecule has 1 atom stereocenters. The molecule has 1 saturated carbocycles. The molecule has 1 heterocycles. The molecule has 1 saturated heterocycles. The Morgan fingerprint density at radius 2 is 1.71 bits per heavy atom. The lowest BCUT2D eigenvalue weighted by Crippen LogP contribution is -2.45. The number of nitrogens with two attached hydrogens (primary N) is 1. The van der Waals surface area contributed by atoms with Gasteiger partial charge in [0.15, 0.2) is 0 Å². The summed E-state index contributed by atoms with van der Waals surface area (Å²) in [6, 6.07) is 0.0285. The van der Waals surface area contributed by atoms with Gasteiger partial charge in [0.2, 0.25) is 5.91 Å². The average molecular weight is 254 g/mol. The van der Waals surface area contributed by atoms with Crippen LogP contribution in [-0.2, 0) is 4.79 Å². The summed E-state index contributed by atoms with van der Waals surface area (Å²) >= 11 is 5.06. The maximum atomic E-state index is 12.5.